The molecule has 3 heterocycles. The fourth-order valence-electron chi connectivity index (χ4n) is 4.55. The molecule has 0 radical (unpaired) electrons. The van der Waals surface area contributed by atoms with E-state index < -0.39 is 39.7 Å². The molecule has 0 spiro atoms. The third-order valence-corrected chi connectivity index (χ3v) is 8.35. The molecule has 3 aromatic rings. The Kier molecular flexibility index (Phi) is 9.03. The molecule has 1 unspecified atom stereocenters. The number of nitrogens with zero attached hydrogens (tertiary/aromatic N) is 3. The second-order valence-corrected chi connectivity index (χ2v) is 12.0. The molecule has 2 N–H and O–H groups in total. The molecule has 0 aliphatic carbocycles. The van der Waals surface area contributed by atoms with E-state index in [0.29, 0.717) is 31.2 Å². The van der Waals surface area contributed by atoms with Crippen LogP contribution in [0, 0.1) is 5.92 Å². The fourth-order valence-corrected chi connectivity index (χ4v) is 5.93. The van der Waals surface area contributed by atoms with Crippen LogP contribution in [0.2, 0.25) is 0 Å². The lowest BCUT2D eigenvalue weighted by atomic mass is 9.99. The van der Waals surface area contributed by atoms with Crippen molar-refractivity contribution in [2.24, 2.45) is 5.92 Å². The predicted octanol–water partition coefficient (Wildman–Crippen LogP) is 2.70. The van der Waals surface area contributed by atoms with Gasteiger partial charge in [-0.25, -0.2) is 18.4 Å². The number of rotatable bonds is 8. The van der Waals surface area contributed by atoms with Crippen molar-refractivity contribution in [3.8, 4) is 0 Å². The summed E-state index contributed by atoms with van der Waals surface area (Å²) in [6, 6.07) is 13.6. The number of carbonyl (C=O) groups is 3. The molecule has 1 aliphatic rings. The summed E-state index contributed by atoms with van der Waals surface area (Å²) in [5.74, 6) is -1.31. The lowest BCUT2D eigenvalue weighted by molar-refractivity contribution is -0.129. The van der Waals surface area contributed by atoms with Crippen molar-refractivity contribution in [1.82, 2.24) is 24.9 Å². The van der Waals surface area contributed by atoms with Gasteiger partial charge in [-0.3, -0.25) is 14.4 Å². The van der Waals surface area contributed by atoms with Crippen molar-refractivity contribution in [3.63, 3.8) is 0 Å². The highest BCUT2D eigenvalue weighted by Gasteiger charge is 2.33. The molecule has 4 rings (SSSR count). The van der Waals surface area contributed by atoms with Gasteiger partial charge in [-0.15, -0.1) is 0 Å². The van der Waals surface area contributed by atoms with Gasteiger partial charge >= 0.3 is 0 Å². The summed E-state index contributed by atoms with van der Waals surface area (Å²) in [6.07, 6.45) is 3.21. The molecule has 39 heavy (non-hydrogen) atoms. The van der Waals surface area contributed by atoms with E-state index in [1.54, 1.807) is 24.3 Å². The fraction of sp³-hybridized carbons (Fsp3) is 0.393. The van der Waals surface area contributed by atoms with Crippen molar-refractivity contribution in [3.05, 3.63) is 66.5 Å². The van der Waals surface area contributed by atoms with Gasteiger partial charge < -0.3 is 10.6 Å². The maximum absolute atomic E-state index is 13.3. The van der Waals surface area contributed by atoms with Crippen LogP contribution in [0.4, 0.5) is 0 Å². The minimum atomic E-state index is -3.96. The first-order chi connectivity index (χ1) is 18.6. The SMILES string of the molecule is CC(C)C[C@H](NC(=O)c1ccc2ccccc2n1)C(=O)NC1CCCCN(S(=O)(=O)c2ccccn2)CC1=O. The third kappa shape index (κ3) is 7.04. The van der Waals surface area contributed by atoms with E-state index >= 15 is 0 Å². The summed E-state index contributed by atoms with van der Waals surface area (Å²) in [7, 11) is -3.96. The zero-order valence-electron chi connectivity index (χ0n) is 22.0. The number of hydrogen-bond donors (Lipinski definition) is 2. The number of nitrogens with one attached hydrogen (secondary N) is 2. The van der Waals surface area contributed by atoms with Crippen LogP contribution in [0.3, 0.4) is 0 Å². The minimum absolute atomic E-state index is 0.0812. The number of amides is 2. The molecule has 1 aromatic carbocycles. The normalized spacial score (nSPS) is 17.8. The summed E-state index contributed by atoms with van der Waals surface area (Å²) in [6.45, 7) is 3.69. The number of aromatic nitrogens is 2. The lowest BCUT2D eigenvalue weighted by Gasteiger charge is -2.28. The van der Waals surface area contributed by atoms with Crippen LogP contribution in [-0.2, 0) is 19.6 Å². The van der Waals surface area contributed by atoms with Crippen molar-refractivity contribution in [1.29, 1.82) is 0 Å². The van der Waals surface area contributed by atoms with Crippen molar-refractivity contribution in [2.45, 2.75) is 56.6 Å². The Hall–Kier alpha value is -3.70. The van der Waals surface area contributed by atoms with E-state index in [2.05, 4.69) is 20.6 Å². The molecule has 2 aromatic heterocycles. The highest BCUT2D eigenvalue weighted by molar-refractivity contribution is 7.89. The second kappa shape index (κ2) is 12.4. The molecule has 10 nitrogen and oxygen atoms in total. The van der Waals surface area contributed by atoms with Crippen LogP contribution in [0.5, 0.6) is 0 Å². The van der Waals surface area contributed by atoms with Gasteiger partial charge in [0.05, 0.1) is 18.1 Å². The van der Waals surface area contributed by atoms with Crippen molar-refractivity contribution < 1.29 is 22.8 Å². The van der Waals surface area contributed by atoms with Gasteiger partial charge in [0.25, 0.3) is 15.9 Å². The molecule has 2 atom stereocenters. The molecule has 0 bridgehead atoms. The van der Waals surface area contributed by atoms with Gasteiger partial charge in [-0.1, -0.05) is 44.2 Å². The summed E-state index contributed by atoms with van der Waals surface area (Å²) in [4.78, 5) is 47.9. The van der Waals surface area contributed by atoms with Crippen molar-refractivity contribution in [2.75, 3.05) is 13.1 Å². The van der Waals surface area contributed by atoms with E-state index in [9.17, 15) is 22.8 Å². The zero-order chi connectivity index (χ0) is 28.0. The highest BCUT2D eigenvalue weighted by Crippen LogP contribution is 2.18. The molecular formula is C28H33N5O5S. The first-order valence-electron chi connectivity index (χ1n) is 13.1. The first kappa shape index (κ1) is 28.3. The number of Topliss-reactive ketones (excluding diaryl/α,β-unsaturated/α-hetero) is 1. The van der Waals surface area contributed by atoms with Gasteiger partial charge in [-0.2, -0.15) is 4.31 Å². The first-order valence-corrected chi connectivity index (χ1v) is 14.5. The van der Waals surface area contributed by atoms with Crippen LogP contribution in [0.1, 0.15) is 50.0 Å². The Bertz CT molecular complexity index is 1440. The number of benzene rings is 1. The number of carbonyl (C=O) groups excluding carboxylic acids is 3. The molecule has 1 aliphatic heterocycles. The molecule has 1 saturated heterocycles. The van der Waals surface area contributed by atoms with Gasteiger partial charge in [0.1, 0.15) is 11.7 Å². The Labute approximate surface area is 228 Å². The van der Waals surface area contributed by atoms with Crippen molar-refractivity contribution >= 4 is 38.5 Å². The van der Waals surface area contributed by atoms with Gasteiger partial charge in [0, 0.05) is 18.1 Å². The van der Waals surface area contributed by atoms with Crippen LogP contribution in [-0.4, -0.2) is 65.5 Å². The van der Waals surface area contributed by atoms with E-state index in [4.69, 9.17) is 0 Å². The lowest BCUT2D eigenvalue weighted by Crippen LogP contribution is -2.54. The zero-order valence-corrected chi connectivity index (χ0v) is 22.9. The average molecular weight is 552 g/mol. The Morgan fingerprint density at radius 2 is 1.82 bits per heavy atom. The number of hydrogen-bond acceptors (Lipinski definition) is 7. The second-order valence-electron chi connectivity index (χ2n) is 10.1. The molecule has 1 fully saturated rings. The molecule has 0 saturated carbocycles. The smallest absolute Gasteiger partial charge is 0.270 e. The molecule has 11 heteroatoms. The maximum Gasteiger partial charge on any atom is 0.270 e. The van der Waals surface area contributed by atoms with Gasteiger partial charge in [0.15, 0.2) is 10.8 Å². The molecular weight excluding hydrogens is 518 g/mol. The highest BCUT2D eigenvalue weighted by atomic mass is 32.2. The summed E-state index contributed by atoms with van der Waals surface area (Å²) >= 11 is 0. The summed E-state index contributed by atoms with van der Waals surface area (Å²) in [5, 5.41) is 6.33. The average Bonchev–Trinajstić information content (AvgIpc) is 2.92. The van der Waals surface area contributed by atoms with E-state index in [0.717, 1.165) is 9.69 Å². The molecule has 206 valence electrons. The van der Waals surface area contributed by atoms with E-state index in [1.807, 2.05) is 38.1 Å². The summed E-state index contributed by atoms with van der Waals surface area (Å²) < 4.78 is 27.2. The standard InChI is InChI=1S/C28H33N5O5S/c1-19(2)17-24(32-27(35)23-14-13-20-9-3-4-10-21(20)30-23)28(36)31-22-11-6-8-16-33(18-25(22)34)39(37,38)26-12-5-7-15-29-26/h3-5,7,9-10,12-15,19,22,24H,6,8,11,16-18H2,1-2H3,(H,31,36)(H,32,35)/t22?,24-/m0/s1. The predicted molar refractivity (Wildman–Crippen MR) is 146 cm³/mol. The monoisotopic (exact) mass is 551 g/mol. The molecule has 2 amide bonds. The Morgan fingerprint density at radius 1 is 1.05 bits per heavy atom. The number of para-hydroxylation sites is 1. The maximum atomic E-state index is 13.3. The third-order valence-electron chi connectivity index (χ3n) is 6.59. The number of pyridine rings is 2. The van der Waals surface area contributed by atoms with Gasteiger partial charge in [0.2, 0.25) is 5.91 Å². The number of sulfonamides is 1. The Morgan fingerprint density at radius 3 is 2.56 bits per heavy atom. The Balaban J connectivity index is 1.46. The van der Waals surface area contributed by atoms with Crippen LogP contribution in [0.25, 0.3) is 10.9 Å². The quantitative estimate of drug-likeness (QED) is 0.439. The van der Waals surface area contributed by atoms with Crippen LogP contribution < -0.4 is 10.6 Å². The van der Waals surface area contributed by atoms with Crippen LogP contribution in [0.15, 0.2) is 65.8 Å². The van der Waals surface area contributed by atoms with Gasteiger partial charge in [-0.05, 0) is 55.9 Å². The van der Waals surface area contributed by atoms with E-state index in [-0.39, 0.29) is 29.7 Å². The van der Waals surface area contributed by atoms with E-state index in [1.165, 1.54) is 12.3 Å². The minimum Gasteiger partial charge on any atom is -0.344 e. The number of ketones is 1. The van der Waals surface area contributed by atoms with Crippen LogP contribution >= 0.6 is 0 Å². The largest absolute Gasteiger partial charge is 0.344 e. The topological polar surface area (TPSA) is 138 Å². The summed E-state index contributed by atoms with van der Waals surface area (Å²) in [5.41, 5.74) is 0.855. The number of fused-ring (bicyclic) bond motifs is 1.